The van der Waals surface area contributed by atoms with Crippen LogP contribution in [-0.4, -0.2) is 11.7 Å². The van der Waals surface area contributed by atoms with E-state index in [4.69, 9.17) is 21.6 Å². The maximum absolute atomic E-state index is 9.36. The Morgan fingerprint density at radius 3 is 2.86 bits per heavy atom. The minimum Gasteiger partial charge on any atom is -0.506 e. The minimum absolute atomic E-state index is 0.0534. The number of hydrogen-bond donors (Lipinski definition) is 1. The molecule has 0 aliphatic carbocycles. The van der Waals surface area contributed by atoms with Crippen molar-refractivity contribution >= 4 is 11.6 Å². The number of phenolic OH excluding ortho intramolecular Hbond substituents is 1. The average Bonchev–Trinajstić information content (AvgIpc) is 2.14. The van der Waals surface area contributed by atoms with Gasteiger partial charge in [0.2, 0.25) is 0 Å². The number of benzene rings is 1. The zero-order chi connectivity index (χ0) is 10.6. The third kappa shape index (κ3) is 2.18. The summed E-state index contributed by atoms with van der Waals surface area (Å²) in [4.78, 5) is 0. The molecule has 1 N–H and O–H groups in total. The van der Waals surface area contributed by atoms with E-state index in [0.717, 1.165) is 0 Å². The molecule has 0 fully saturated rings. The lowest BCUT2D eigenvalue weighted by Crippen LogP contribution is -1.93. The largest absolute Gasteiger partial charge is 0.506 e. The smallest absolute Gasteiger partial charge is 0.138 e. The fourth-order valence-electron chi connectivity index (χ4n) is 0.917. The van der Waals surface area contributed by atoms with E-state index in [-0.39, 0.29) is 16.3 Å². The summed E-state index contributed by atoms with van der Waals surface area (Å²) in [6.07, 6.45) is 1.57. The van der Waals surface area contributed by atoms with Crippen LogP contribution >= 0.6 is 11.6 Å². The Morgan fingerprint density at radius 2 is 2.36 bits per heavy atom. The lowest BCUT2D eigenvalue weighted by molar-refractivity contribution is 0.360. The van der Waals surface area contributed by atoms with Gasteiger partial charge in [-0.2, -0.15) is 5.26 Å². The molecule has 4 heteroatoms. The first-order valence-electron chi connectivity index (χ1n) is 3.85. The molecular weight excluding hydrogens is 202 g/mol. The van der Waals surface area contributed by atoms with Crippen molar-refractivity contribution in [2.75, 3.05) is 6.61 Å². The first-order valence-corrected chi connectivity index (χ1v) is 4.23. The second kappa shape index (κ2) is 4.54. The lowest BCUT2D eigenvalue weighted by atomic mass is 10.2. The van der Waals surface area contributed by atoms with E-state index in [2.05, 4.69) is 6.58 Å². The van der Waals surface area contributed by atoms with Crippen molar-refractivity contribution in [1.82, 2.24) is 0 Å². The van der Waals surface area contributed by atoms with Crippen molar-refractivity contribution in [3.8, 4) is 17.6 Å². The molecule has 0 bridgehead atoms. The second-order valence-electron chi connectivity index (χ2n) is 2.51. The van der Waals surface area contributed by atoms with Crippen LogP contribution in [0.3, 0.4) is 0 Å². The van der Waals surface area contributed by atoms with Gasteiger partial charge in [-0.3, -0.25) is 0 Å². The first-order chi connectivity index (χ1) is 6.69. The zero-order valence-electron chi connectivity index (χ0n) is 7.33. The molecule has 0 aliphatic heterocycles. The van der Waals surface area contributed by atoms with Gasteiger partial charge in [0, 0.05) is 12.1 Å². The van der Waals surface area contributed by atoms with E-state index in [1.54, 1.807) is 12.1 Å². The van der Waals surface area contributed by atoms with E-state index in [1.807, 2.05) is 0 Å². The molecule has 0 aromatic heterocycles. The van der Waals surface area contributed by atoms with Gasteiger partial charge in [0.05, 0.1) is 5.02 Å². The van der Waals surface area contributed by atoms with Crippen molar-refractivity contribution in [2.45, 2.75) is 0 Å². The Kier molecular flexibility index (Phi) is 3.38. The Balaban J connectivity index is 3.02. The van der Waals surface area contributed by atoms with E-state index in [0.29, 0.717) is 12.4 Å². The number of aromatic hydroxyl groups is 1. The Labute approximate surface area is 86.8 Å². The molecule has 3 nitrogen and oxygen atoms in total. The van der Waals surface area contributed by atoms with Crippen molar-refractivity contribution in [1.29, 1.82) is 5.26 Å². The molecule has 0 heterocycles. The zero-order valence-corrected chi connectivity index (χ0v) is 8.08. The van der Waals surface area contributed by atoms with Gasteiger partial charge in [0.1, 0.15) is 29.7 Å². The van der Waals surface area contributed by atoms with Crippen LogP contribution < -0.4 is 4.74 Å². The number of halogens is 1. The molecule has 0 unspecified atom stereocenters. The summed E-state index contributed by atoms with van der Waals surface area (Å²) in [7, 11) is 0. The summed E-state index contributed by atoms with van der Waals surface area (Å²) in [5, 5.41) is 18.1. The van der Waals surface area contributed by atoms with Crippen LogP contribution in [-0.2, 0) is 0 Å². The minimum atomic E-state index is -0.181. The van der Waals surface area contributed by atoms with Crippen LogP contribution in [0.1, 0.15) is 5.56 Å². The van der Waals surface area contributed by atoms with Gasteiger partial charge in [-0.1, -0.05) is 24.3 Å². The van der Waals surface area contributed by atoms with E-state index in [9.17, 15) is 5.11 Å². The Morgan fingerprint density at radius 1 is 1.64 bits per heavy atom. The molecule has 0 spiro atoms. The third-order valence-corrected chi connectivity index (χ3v) is 1.82. The van der Waals surface area contributed by atoms with Crippen molar-refractivity contribution in [3.05, 3.63) is 35.4 Å². The average molecular weight is 210 g/mol. The standard InChI is InChI=1S/C10H8ClNO2/c1-2-3-14-7-4-9(11)8(6-12)10(13)5-7/h2,4-5,13H,1,3H2. The lowest BCUT2D eigenvalue weighted by Gasteiger charge is -2.05. The highest BCUT2D eigenvalue weighted by molar-refractivity contribution is 6.32. The molecule has 1 aromatic rings. The van der Waals surface area contributed by atoms with Crippen LogP contribution in [0, 0.1) is 11.3 Å². The van der Waals surface area contributed by atoms with Gasteiger partial charge in [-0.05, 0) is 0 Å². The van der Waals surface area contributed by atoms with Crippen LogP contribution in [0.5, 0.6) is 11.5 Å². The van der Waals surface area contributed by atoms with Crippen LogP contribution in [0.15, 0.2) is 24.8 Å². The summed E-state index contributed by atoms with van der Waals surface area (Å²) >= 11 is 5.73. The Hall–Kier alpha value is -1.66. The molecule has 14 heavy (non-hydrogen) atoms. The molecule has 0 atom stereocenters. The maximum Gasteiger partial charge on any atom is 0.138 e. The fourth-order valence-corrected chi connectivity index (χ4v) is 1.16. The van der Waals surface area contributed by atoms with Crippen LogP contribution in [0.2, 0.25) is 5.02 Å². The number of nitriles is 1. The number of hydrogen-bond acceptors (Lipinski definition) is 3. The van der Waals surface area contributed by atoms with Gasteiger partial charge >= 0.3 is 0 Å². The molecule has 1 aromatic carbocycles. The van der Waals surface area contributed by atoms with Gasteiger partial charge in [-0.25, -0.2) is 0 Å². The SMILES string of the molecule is C=CCOc1cc(O)c(C#N)c(Cl)c1. The summed E-state index contributed by atoms with van der Waals surface area (Å²) in [6.45, 7) is 3.80. The van der Waals surface area contributed by atoms with Crippen molar-refractivity contribution < 1.29 is 9.84 Å². The predicted octanol–water partition coefficient (Wildman–Crippen LogP) is 2.48. The predicted molar refractivity (Wildman–Crippen MR) is 53.5 cm³/mol. The van der Waals surface area contributed by atoms with Gasteiger partial charge in [0.15, 0.2) is 0 Å². The quantitative estimate of drug-likeness (QED) is 0.779. The van der Waals surface area contributed by atoms with Gasteiger partial charge in [-0.15, -0.1) is 0 Å². The topological polar surface area (TPSA) is 53.2 Å². The van der Waals surface area contributed by atoms with E-state index >= 15 is 0 Å². The summed E-state index contributed by atoms with van der Waals surface area (Å²) < 4.78 is 5.14. The number of rotatable bonds is 3. The van der Waals surface area contributed by atoms with Crippen molar-refractivity contribution in [3.63, 3.8) is 0 Å². The molecule has 72 valence electrons. The highest BCUT2D eigenvalue weighted by atomic mass is 35.5. The molecule has 0 amide bonds. The normalized spacial score (nSPS) is 9.14. The molecule has 0 aliphatic rings. The number of nitrogens with zero attached hydrogens (tertiary/aromatic N) is 1. The van der Waals surface area contributed by atoms with E-state index < -0.39 is 0 Å². The summed E-state index contributed by atoms with van der Waals surface area (Å²) in [5.41, 5.74) is 0.0534. The fraction of sp³-hybridized carbons (Fsp3) is 0.100. The monoisotopic (exact) mass is 209 g/mol. The van der Waals surface area contributed by atoms with Crippen molar-refractivity contribution in [2.24, 2.45) is 0 Å². The Bertz CT molecular complexity index is 373. The van der Waals surface area contributed by atoms with Gasteiger partial charge < -0.3 is 9.84 Å². The second-order valence-corrected chi connectivity index (χ2v) is 2.92. The first kappa shape index (κ1) is 10.4. The highest BCUT2D eigenvalue weighted by Gasteiger charge is 2.08. The molecular formula is C10H8ClNO2. The third-order valence-electron chi connectivity index (χ3n) is 1.52. The van der Waals surface area contributed by atoms with Crippen LogP contribution in [0.25, 0.3) is 0 Å². The molecule has 1 rings (SSSR count). The highest BCUT2D eigenvalue weighted by Crippen LogP contribution is 2.30. The summed E-state index contributed by atoms with van der Waals surface area (Å²) in [6, 6.07) is 4.61. The molecule has 0 radical (unpaired) electrons. The molecule has 0 saturated heterocycles. The number of phenols is 1. The number of ether oxygens (including phenoxy) is 1. The van der Waals surface area contributed by atoms with E-state index in [1.165, 1.54) is 12.1 Å². The van der Waals surface area contributed by atoms with Gasteiger partial charge in [0.25, 0.3) is 0 Å². The summed E-state index contributed by atoms with van der Waals surface area (Å²) in [5.74, 6) is 0.227. The maximum atomic E-state index is 9.36. The van der Waals surface area contributed by atoms with Crippen LogP contribution in [0.4, 0.5) is 0 Å². The molecule has 0 saturated carbocycles.